The fraction of sp³-hybridized carbons (Fsp3) is 0.333. The van der Waals surface area contributed by atoms with Crippen LogP contribution in [0, 0.1) is 0 Å². The fourth-order valence-electron chi connectivity index (χ4n) is 1.52. The van der Waals surface area contributed by atoms with Crippen LogP contribution in [0.5, 0.6) is 0 Å². The summed E-state index contributed by atoms with van der Waals surface area (Å²) < 4.78 is 2.49. The van der Waals surface area contributed by atoms with Crippen molar-refractivity contribution in [3.8, 4) is 0 Å². The second-order valence-electron chi connectivity index (χ2n) is 2.99. The van der Waals surface area contributed by atoms with Gasteiger partial charge in [-0.1, -0.05) is 0 Å². The van der Waals surface area contributed by atoms with E-state index in [4.69, 9.17) is 0 Å². The van der Waals surface area contributed by atoms with E-state index in [9.17, 15) is 0 Å². The fourth-order valence-corrected chi connectivity index (χ4v) is 2.45. The molecule has 11 heavy (non-hydrogen) atoms. The maximum absolute atomic E-state index is 2.49. The first-order valence-corrected chi connectivity index (χ1v) is 5.40. The first-order chi connectivity index (χ1) is 5.36. The van der Waals surface area contributed by atoms with Crippen LogP contribution >= 0.6 is 0 Å². The van der Waals surface area contributed by atoms with E-state index < -0.39 is 0 Å². The van der Waals surface area contributed by atoms with Gasteiger partial charge in [0, 0.05) is 0 Å². The molecule has 1 aromatic carbocycles. The summed E-state index contributed by atoms with van der Waals surface area (Å²) in [6, 6.07) is 8.78. The molecule has 0 aromatic heterocycles. The van der Waals surface area contributed by atoms with Crippen LogP contribution in [0.4, 0.5) is 0 Å². The van der Waals surface area contributed by atoms with E-state index >= 15 is 0 Å². The van der Waals surface area contributed by atoms with Crippen molar-refractivity contribution in [2.75, 3.05) is 6.54 Å². The Morgan fingerprint density at radius 2 is 1.91 bits per heavy atom. The zero-order chi connectivity index (χ0) is 7.68. The molecule has 0 atom stereocenters. The zero-order valence-corrected chi connectivity index (χ0v) is 9.75. The van der Waals surface area contributed by atoms with E-state index in [0.29, 0.717) is 0 Å². The number of rotatable bonds is 0. The van der Waals surface area contributed by atoms with Gasteiger partial charge in [-0.3, -0.25) is 0 Å². The van der Waals surface area contributed by atoms with Crippen molar-refractivity contribution in [3.05, 3.63) is 35.4 Å². The molecule has 2 radical (unpaired) electrons. The van der Waals surface area contributed by atoms with Crippen molar-refractivity contribution in [1.82, 2.24) is 3.12 Å². The van der Waals surface area contributed by atoms with Crippen LogP contribution in [-0.4, -0.2) is 32.5 Å². The molecule has 2 heteroatoms. The van der Waals surface area contributed by atoms with Gasteiger partial charge < -0.3 is 0 Å². The van der Waals surface area contributed by atoms with E-state index in [1.165, 1.54) is 47.9 Å². The molecule has 0 unspecified atom stereocenters. The summed E-state index contributed by atoms with van der Waals surface area (Å²) in [5.41, 5.74) is 3.09. The van der Waals surface area contributed by atoms with Crippen LogP contribution in [0.2, 0.25) is 0 Å². The Labute approximate surface area is 80.8 Å². The number of hydrogen-bond acceptors (Lipinski definition) is 1. The topological polar surface area (TPSA) is 3.24 Å². The van der Waals surface area contributed by atoms with Gasteiger partial charge in [-0.05, 0) is 0 Å². The molecule has 1 aromatic rings. The monoisotopic (exact) mass is 253 g/mol. The first-order valence-electron chi connectivity index (χ1n) is 3.93. The second kappa shape index (κ2) is 3.15. The third kappa shape index (κ3) is 1.59. The Kier molecular flexibility index (Phi) is 2.18. The van der Waals surface area contributed by atoms with Gasteiger partial charge in [0.05, 0.1) is 0 Å². The quantitative estimate of drug-likeness (QED) is 0.619. The molecule has 0 fully saturated rings. The standard InChI is InChI=1S/C9H10N.Sn.H/c1-2-4-9-7-10-6-5-8(9)3-1;;/h1-4H,5-7H2;;/q-1;+1;. The van der Waals surface area contributed by atoms with Crippen molar-refractivity contribution >= 4 is 22.8 Å². The van der Waals surface area contributed by atoms with Crippen LogP contribution in [0.25, 0.3) is 0 Å². The Bertz CT molecular complexity index is 259. The van der Waals surface area contributed by atoms with Crippen LogP contribution in [0.3, 0.4) is 0 Å². The minimum absolute atomic E-state index is 1.18. The average Bonchev–Trinajstić information content (AvgIpc) is 2.04. The zero-order valence-electron chi connectivity index (χ0n) is 6.46. The maximum atomic E-state index is 2.49. The molecule has 0 saturated heterocycles. The predicted octanol–water partition coefficient (Wildman–Crippen LogP) is 0.861. The summed E-state index contributed by atoms with van der Waals surface area (Å²) in [7, 11) is 0. The number of hydrogen-bond donors (Lipinski definition) is 0. The number of fused-ring (bicyclic) bond motifs is 1. The van der Waals surface area contributed by atoms with E-state index in [0.717, 1.165) is 0 Å². The van der Waals surface area contributed by atoms with Crippen molar-refractivity contribution in [2.45, 2.75) is 13.0 Å². The molecule has 1 aliphatic heterocycles. The summed E-state index contributed by atoms with van der Waals surface area (Å²) >= 11 is 1.26. The molecule has 0 amide bonds. The van der Waals surface area contributed by atoms with E-state index in [2.05, 4.69) is 27.4 Å². The van der Waals surface area contributed by atoms with Gasteiger partial charge >= 0.3 is 80.8 Å². The summed E-state index contributed by atoms with van der Waals surface area (Å²) in [5.74, 6) is 0. The van der Waals surface area contributed by atoms with Gasteiger partial charge in [-0.25, -0.2) is 0 Å². The molecule has 0 N–H and O–H groups in total. The normalized spacial score (nSPS) is 17.9. The first kappa shape index (κ1) is 7.62. The average molecular weight is 252 g/mol. The molecule has 1 aliphatic rings. The Morgan fingerprint density at radius 3 is 2.73 bits per heavy atom. The predicted molar refractivity (Wildman–Crippen MR) is 47.7 cm³/mol. The minimum atomic E-state index is 1.18. The molecular formula is C9H11NSn. The summed E-state index contributed by atoms with van der Waals surface area (Å²) in [5, 5.41) is 0. The van der Waals surface area contributed by atoms with Crippen molar-refractivity contribution in [3.63, 3.8) is 0 Å². The summed E-state index contributed by atoms with van der Waals surface area (Å²) in [6.07, 6.45) is 1.25. The molecule has 0 saturated carbocycles. The van der Waals surface area contributed by atoms with Crippen molar-refractivity contribution in [2.24, 2.45) is 0 Å². The Morgan fingerprint density at radius 1 is 1.18 bits per heavy atom. The Balaban J connectivity index is 2.34. The van der Waals surface area contributed by atoms with Gasteiger partial charge in [0.2, 0.25) is 0 Å². The molecule has 0 bridgehead atoms. The van der Waals surface area contributed by atoms with E-state index in [1.54, 1.807) is 5.56 Å². The third-order valence-corrected chi connectivity index (χ3v) is 3.42. The molecule has 2 rings (SSSR count). The third-order valence-electron chi connectivity index (χ3n) is 2.16. The molecule has 56 valence electrons. The van der Waals surface area contributed by atoms with Crippen LogP contribution in [-0.2, 0) is 13.0 Å². The van der Waals surface area contributed by atoms with Crippen molar-refractivity contribution in [1.29, 1.82) is 0 Å². The molecule has 1 heterocycles. The van der Waals surface area contributed by atoms with Crippen LogP contribution in [0.15, 0.2) is 24.3 Å². The van der Waals surface area contributed by atoms with Gasteiger partial charge in [-0.2, -0.15) is 0 Å². The number of nitrogens with zero attached hydrogens (tertiary/aromatic N) is 1. The molecule has 1 nitrogen and oxygen atoms in total. The van der Waals surface area contributed by atoms with Gasteiger partial charge in [0.1, 0.15) is 0 Å². The number of benzene rings is 1. The van der Waals surface area contributed by atoms with E-state index in [1.807, 2.05) is 0 Å². The van der Waals surface area contributed by atoms with Crippen molar-refractivity contribution < 1.29 is 0 Å². The van der Waals surface area contributed by atoms with Gasteiger partial charge in [0.15, 0.2) is 0 Å². The molecular weight excluding hydrogens is 241 g/mol. The Hall–Kier alpha value is -0.0213. The molecule has 0 spiro atoms. The van der Waals surface area contributed by atoms with Crippen LogP contribution in [0.1, 0.15) is 11.1 Å². The van der Waals surface area contributed by atoms with Gasteiger partial charge in [-0.15, -0.1) is 0 Å². The summed E-state index contributed by atoms with van der Waals surface area (Å²) in [6.45, 7) is 2.44. The van der Waals surface area contributed by atoms with E-state index in [-0.39, 0.29) is 0 Å². The second-order valence-corrected chi connectivity index (χ2v) is 5.07. The van der Waals surface area contributed by atoms with Crippen LogP contribution < -0.4 is 0 Å². The molecule has 0 aliphatic carbocycles. The SMILES string of the molecule is [SnH][N]1CCc2ccccc2C1. The summed E-state index contributed by atoms with van der Waals surface area (Å²) in [4.78, 5) is 0. The van der Waals surface area contributed by atoms with Gasteiger partial charge in [0.25, 0.3) is 0 Å².